The van der Waals surface area contributed by atoms with Gasteiger partial charge in [-0.15, -0.1) is 11.3 Å². The topological polar surface area (TPSA) is 68.0 Å². The van der Waals surface area contributed by atoms with Crippen molar-refractivity contribution in [2.24, 2.45) is 0 Å². The molecule has 2 heterocycles. The number of benzene rings is 3. The molecule has 35 heavy (non-hydrogen) atoms. The average Bonchev–Trinajstić information content (AvgIpc) is 3.21. The van der Waals surface area contributed by atoms with Crippen LogP contribution in [0.15, 0.2) is 91.0 Å². The lowest BCUT2D eigenvalue weighted by atomic mass is 9.99. The molecule has 0 aliphatic rings. The number of thiophene rings is 1. The SMILES string of the molecule is Nc1c(C(=O)Nc2ccccc2C(F)(F)F)sc2nc(-c3ccccc3)cc(-c3ccccc3)c12. The van der Waals surface area contributed by atoms with Crippen molar-refractivity contribution in [1.82, 2.24) is 4.98 Å². The van der Waals surface area contributed by atoms with Gasteiger partial charge in [-0.2, -0.15) is 13.2 Å². The summed E-state index contributed by atoms with van der Waals surface area (Å²) in [5.74, 6) is -0.720. The Balaban J connectivity index is 1.65. The molecule has 174 valence electrons. The molecule has 0 saturated heterocycles. The molecular weight excluding hydrogens is 471 g/mol. The normalized spacial score (nSPS) is 11.5. The molecular formula is C27H18F3N3OS. The van der Waals surface area contributed by atoms with Gasteiger partial charge in [0.15, 0.2) is 0 Å². The van der Waals surface area contributed by atoms with Gasteiger partial charge in [-0.05, 0) is 29.3 Å². The van der Waals surface area contributed by atoms with Crippen molar-refractivity contribution in [1.29, 1.82) is 0 Å². The first-order valence-corrected chi connectivity index (χ1v) is 11.5. The van der Waals surface area contributed by atoms with Gasteiger partial charge in [-0.1, -0.05) is 72.8 Å². The van der Waals surface area contributed by atoms with Gasteiger partial charge < -0.3 is 11.1 Å². The van der Waals surface area contributed by atoms with Crippen molar-refractivity contribution in [2.45, 2.75) is 6.18 Å². The zero-order valence-corrected chi connectivity index (χ0v) is 19.0. The van der Waals surface area contributed by atoms with Gasteiger partial charge in [0.25, 0.3) is 5.91 Å². The molecule has 0 spiro atoms. The van der Waals surface area contributed by atoms with Gasteiger partial charge in [-0.25, -0.2) is 4.98 Å². The highest BCUT2D eigenvalue weighted by molar-refractivity contribution is 7.21. The van der Waals surface area contributed by atoms with Crippen molar-refractivity contribution in [3.8, 4) is 22.4 Å². The number of halogens is 3. The largest absolute Gasteiger partial charge is 0.418 e. The van der Waals surface area contributed by atoms with Crippen LogP contribution in [0, 0.1) is 0 Å². The summed E-state index contributed by atoms with van der Waals surface area (Å²) < 4.78 is 40.2. The Labute approximate surface area is 202 Å². The maximum Gasteiger partial charge on any atom is 0.418 e. The number of anilines is 2. The summed E-state index contributed by atoms with van der Waals surface area (Å²) in [5.41, 5.74) is 8.62. The zero-order valence-electron chi connectivity index (χ0n) is 18.1. The smallest absolute Gasteiger partial charge is 0.397 e. The highest BCUT2D eigenvalue weighted by Crippen LogP contribution is 2.42. The predicted molar refractivity (Wildman–Crippen MR) is 134 cm³/mol. The molecule has 3 N–H and O–H groups in total. The van der Waals surface area contributed by atoms with Crippen LogP contribution in [0.4, 0.5) is 24.5 Å². The second-order valence-corrected chi connectivity index (χ2v) is 8.81. The predicted octanol–water partition coefficient (Wildman–Crippen LogP) is 7.48. The van der Waals surface area contributed by atoms with E-state index in [1.807, 2.05) is 66.7 Å². The Morgan fingerprint density at radius 3 is 2.11 bits per heavy atom. The number of nitrogen functional groups attached to an aromatic ring is 1. The summed E-state index contributed by atoms with van der Waals surface area (Å²) in [6.07, 6.45) is -4.61. The summed E-state index contributed by atoms with van der Waals surface area (Å²) in [6.45, 7) is 0. The number of rotatable bonds is 4. The number of nitrogens with two attached hydrogens (primary N) is 1. The van der Waals surface area contributed by atoms with E-state index in [9.17, 15) is 18.0 Å². The van der Waals surface area contributed by atoms with E-state index in [-0.39, 0.29) is 16.3 Å². The van der Waals surface area contributed by atoms with E-state index in [1.54, 1.807) is 0 Å². The molecule has 0 aliphatic heterocycles. The molecule has 0 radical (unpaired) electrons. The number of nitrogens with one attached hydrogen (secondary N) is 1. The van der Waals surface area contributed by atoms with E-state index in [4.69, 9.17) is 10.7 Å². The second kappa shape index (κ2) is 8.88. The summed E-state index contributed by atoms with van der Waals surface area (Å²) in [6, 6.07) is 25.9. The van der Waals surface area contributed by atoms with Gasteiger partial charge in [0, 0.05) is 10.9 Å². The van der Waals surface area contributed by atoms with E-state index >= 15 is 0 Å². The standard InChI is InChI=1S/C27H18F3N3OS/c28-27(29,30)19-13-7-8-14-20(19)32-25(34)24-23(31)22-18(16-9-3-1-4-10-16)15-21(33-26(22)35-24)17-11-5-2-6-12-17/h1-15H,31H2,(H,32,34). The Kier molecular flexibility index (Phi) is 5.74. The molecule has 0 atom stereocenters. The third kappa shape index (κ3) is 4.36. The number of pyridine rings is 1. The molecule has 8 heteroatoms. The quantitative estimate of drug-likeness (QED) is 0.275. The van der Waals surface area contributed by atoms with Crippen LogP contribution in [-0.4, -0.2) is 10.9 Å². The number of amides is 1. The Hall–Kier alpha value is -4.17. The fourth-order valence-corrected chi connectivity index (χ4v) is 4.93. The molecule has 0 fully saturated rings. The highest BCUT2D eigenvalue weighted by atomic mass is 32.1. The van der Waals surface area contributed by atoms with Gasteiger partial charge in [0.2, 0.25) is 0 Å². The minimum atomic E-state index is -4.61. The monoisotopic (exact) mass is 489 g/mol. The maximum atomic E-state index is 13.4. The van der Waals surface area contributed by atoms with Crippen molar-refractivity contribution < 1.29 is 18.0 Å². The first-order valence-electron chi connectivity index (χ1n) is 10.6. The van der Waals surface area contributed by atoms with Crippen LogP contribution in [0.2, 0.25) is 0 Å². The fraction of sp³-hybridized carbons (Fsp3) is 0.0370. The van der Waals surface area contributed by atoms with Crippen molar-refractivity contribution in [3.63, 3.8) is 0 Å². The van der Waals surface area contributed by atoms with E-state index in [0.29, 0.717) is 15.9 Å². The van der Waals surface area contributed by atoms with Crippen molar-refractivity contribution in [3.05, 3.63) is 101 Å². The fourth-order valence-electron chi connectivity index (χ4n) is 3.91. The van der Waals surface area contributed by atoms with E-state index in [1.165, 1.54) is 18.2 Å². The van der Waals surface area contributed by atoms with Gasteiger partial charge >= 0.3 is 6.18 Å². The van der Waals surface area contributed by atoms with Crippen LogP contribution in [0.5, 0.6) is 0 Å². The number of hydrogen-bond donors (Lipinski definition) is 2. The third-order valence-electron chi connectivity index (χ3n) is 5.54. The Morgan fingerprint density at radius 1 is 0.857 bits per heavy atom. The molecule has 2 aromatic heterocycles. The van der Waals surface area contributed by atoms with E-state index in [0.717, 1.165) is 34.1 Å². The molecule has 1 amide bonds. The molecule has 4 nitrogen and oxygen atoms in total. The molecule has 5 rings (SSSR count). The third-order valence-corrected chi connectivity index (χ3v) is 6.64. The number of para-hydroxylation sites is 1. The Morgan fingerprint density at radius 2 is 1.46 bits per heavy atom. The maximum absolute atomic E-state index is 13.4. The van der Waals surface area contributed by atoms with Crippen molar-refractivity contribution in [2.75, 3.05) is 11.1 Å². The lowest BCUT2D eigenvalue weighted by Gasteiger charge is -2.13. The zero-order chi connectivity index (χ0) is 24.6. The molecule has 0 saturated carbocycles. The molecule has 5 aromatic rings. The summed E-state index contributed by atoms with van der Waals surface area (Å²) in [4.78, 5) is 18.5. The number of nitrogens with zero attached hydrogens (tertiary/aromatic N) is 1. The van der Waals surface area contributed by atoms with Crippen LogP contribution < -0.4 is 11.1 Å². The van der Waals surface area contributed by atoms with Crippen LogP contribution in [0.3, 0.4) is 0 Å². The Bertz CT molecular complexity index is 1530. The van der Waals surface area contributed by atoms with Gasteiger partial charge in [0.1, 0.15) is 9.71 Å². The summed E-state index contributed by atoms with van der Waals surface area (Å²) >= 11 is 1.05. The van der Waals surface area contributed by atoms with E-state index < -0.39 is 17.6 Å². The number of carbonyl (C=O) groups excluding carboxylic acids is 1. The minimum absolute atomic E-state index is 0.104. The summed E-state index contributed by atoms with van der Waals surface area (Å²) in [5, 5.41) is 2.98. The minimum Gasteiger partial charge on any atom is -0.397 e. The number of aromatic nitrogens is 1. The second-order valence-electron chi connectivity index (χ2n) is 7.81. The number of fused-ring (bicyclic) bond motifs is 1. The molecule has 0 unspecified atom stereocenters. The van der Waals surface area contributed by atoms with Crippen LogP contribution in [0.1, 0.15) is 15.2 Å². The van der Waals surface area contributed by atoms with Crippen molar-refractivity contribution >= 4 is 38.8 Å². The average molecular weight is 490 g/mol. The molecule has 3 aromatic carbocycles. The van der Waals surface area contributed by atoms with Crippen LogP contribution in [-0.2, 0) is 6.18 Å². The summed E-state index contributed by atoms with van der Waals surface area (Å²) in [7, 11) is 0. The van der Waals surface area contributed by atoms with E-state index in [2.05, 4.69) is 5.32 Å². The molecule has 0 aliphatic carbocycles. The lowest BCUT2D eigenvalue weighted by Crippen LogP contribution is -2.16. The van der Waals surface area contributed by atoms with Crippen LogP contribution in [0.25, 0.3) is 32.6 Å². The number of alkyl halides is 3. The molecule has 0 bridgehead atoms. The first kappa shape index (κ1) is 22.6. The van der Waals surface area contributed by atoms with Gasteiger partial charge in [-0.3, -0.25) is 4.79 Å². The lowest BCUT2D eigenvalue weighted by molar-refractivity contribution is -0.136. The number of hydrogen-bond acceptors (Lipinski definition) is 4. The van der Waals surface area contributed by atoms with Gasteiger partial charge in [0.05, 0.1) is 22.6 Å². The first-order chi connectivity index (χ1) is 16.8. The highest BCUT2D eigenvalue weighted by Gasteiger charge is 2.34. The number of carbonyl (C=O) groups is 1. The van der Waals surface area contributed by atoms with Crippen LogP contribution >= 0.6 is 11.3 Å².